The van der Waals surface area contributed by atoms with Crippen molar-refractivity contribution < 1.29 is 19.1 Å². The average Bonchev–Trinajstić information content (AvgIpc) is 2.78. The SMILES string of the molecule is CCCCCCCCCOc1ccc(C2NC(=O)NC(CCCC)=C2C(=O)OC(C)C)c(Cl)c1. The second-order valence-corrected chi connectivity index (χ2v) is 9.54. The largest absolute Gasteiger partial charge is 0.494 e. The number of carbonyl (C=O) groups is 2. The van der Waals surface area contributed by atoms with E-state index in [0.29, 0.717) is 40.6 Å². The quantitative estimate of drug-likeness (QED) is 0.200. The van der Waals surface area contributed by atoms with Gasteiger partial charge in [0.05, 0.1) is 24.3 Å². The second kappa shape index (κ2) is 14.9. The van der Waals surface area contributed by atoms with E-state index in [4.69, 9.17) is 21.1 Å². The third-order valence-corrected chi connectivity index (χ3v) is 6.12. The maximum atomic E-state index is 13.0. The van der Waals surface area contributed by atoms with Gasteiger partial charge in [0, 0.05) is 10.7 Å². The van der Waals surface area contributed by atoms with Crippen LogP contribution in [0.2, 0.25) is 5.02 Å². The van der Waals surface area contributed by atoms with Gasteiger partial charge < -0.3 is 20.1 Å². The molecule has 1 aliphatic heterocycles. The third-order valence-electron chi connectivity index (χ3n) is 5.80. The molecule has 1 aliphatic rings. The van der Waals surface area contributed by atoms with Crippen LogP contribution in [0.15, 0.2) is 29.5 Å². The number of rotatable bonds is 15. The molecule has 0 saturated heterocycles. The molecular weight excluding hydrogens is 452 g/mol. The molecule has 2 amide bonds. The molecule has 0 saturated carbocycles. The molecular formula is C27H41ClN2O4. The van der Waals surface area contributed by atoms with Crippen LogP contribution in [-0.4, -0.2) is 24.7 Å². The van der Waals surface area contributed by atoms with Gasteiger partial charge in [-0.15, -0.1) is 0 Å². The number of unbranched alkanes of at least 4 members (excludes halogenated alkanes) is 7. The number of halogens is 1. The van der Waals surface area contributed by atoms with Gasteiger partial charge in [0.25, 0.3) is 0 Å². The van der Waals surface area contributed by atoms with Crippen LogP contribution in [0, 0.1) is 0 Å². The molecule has 2 N–H and O–H groups in total. The summed E-state index contributed by atoms with van der Waals surface area (Å²) in [6.45, 7) is 8.54. The molecule has 190 valence electrons. The molecule has 34 heavy (non-hydrogen) atoms. The molecule has 2 rings (SSSR count). The number of hydrogen-bond donors (Lipinski definition) is 2. The van der Waals surface area contributed by atoms with E-state index >= 15 is 0 Å². The fraction of sp³-hybridized carbons (Fsp3) is 0.630. The predicted molar refractivity (Wildman–Crippen MR) is 137 cm³/mol. The molecule has 1 aromatic rings. The van der Waals surface area contributed by atoms with E-state index in [1.165, 1.54) is 32.1 Å². The lowest BCUT2D eigenvalue weighted by Crippen LogP contribution is -2.46. The monoisotopic (exact) mass is 492 g/mol. The first-order valence-corrected chi connectivity index (χ1v) is 13.2. The van der Waals surface area contributed by atoms with E-state index in [9.17, 15) is 9.59 Å². The van der Waals surface area contributed by atoms with Crippen LogP contribution in [0.3, 0.4) is 0 Å². The van der Waals surface area contributed by atoms with Crippen molar-refractivity contribution in [3.8, 4) is 5.75 Å². The molecule has 1 unspecified atom stereocenters. The van der Waals surface area contributed by atoms with E-state index in [-0.39, 0.29) is 12.1 Å². The Bertz CT molecular complexity index is 838. The Labute approximate surface area is 209 Å². The normalized spacial score (nSPS) is 15.8. The van der Waals surface area contributed by atoms with Crippen LogP contribution in [0.5, 0.6) is 5.75 Å². The molecule has 1 heterocycles. The van der Waals surface area contributed by atoms with E-state index in [2.05, 4.69) is 24.5 Å². The molecule has 6 nitrogen and oxygen atoms in total. The van der Waals surface area contributed by atoms with Gasteiger partial charge in [-0.1, -0.05) is 76.5 Å². The number of allylic oxidation sites excluding steroid dienone is 1. The highest BCUT2D eigenvalue weighted by atomic mass is 35.5. The zero-order valence-electron chi connectivity index (χ0n) is 21.2. The summed E-state index contributed by atoms with van der Waals surface area (Å²) in [7, 11) is 0. The van der Waals surface area contributed by atoms with E-state index < -0.39 is 12.0 Å². The molecule has 0 bridgehead atoms. The summed E-state index contributed by atoms with van der Waals surface area (Å²) >= 11 is 6.62. The predicted octanol–water partition coefficient (Wildman–Crippen LogP) is 7.22. The topological polar surface area (TPSA) is 76.7 Å². The minimum absolute atomic E-state index is 0.274. The summed E-state index contributed by atoms with van der Waals surface area (Å²) < 4.78 is 11.4. The minimum Gasteiger partial charge on any atom is -0.494 e. The molecule has 1 aromatic carbocycles. The van der Waals surface area contributed by atoms with Crippen LogP contribution < -0.4 is 15.4 Å². The number of ether oxygens (including phenoxy) is 2. The Balaban J connectivity index is 2.11. The highest BCUT2D eigenvalue weighted by molar-refractivity contribution is 6.31. The van der Waals surface area contributed by atoms with Crippen LogP contribution >= 0.6 is 11.6 Å². The number of amides is 2. The minimum atomic E-state index is -0.684. The lowest BCUT2D eigenvalue weighted by molar-refractivity contribution is -0.143. The van der Waals surface area contributed by atoms with Crippen molar-refractivity contribution in [1.82, 2.24) is 10.6 Å². The highest BCUT2D eigenvalue weighted by Crippen LogP contribution is 2.35. The van der Waals surface area contributed by atoms with Gasteiger partial charge >= 0.3 is 12.0 Å². The maximum absolute atomic E-state index is 13.0. The third kappa shape index (κ3) is 8.86. The Hall–Kier alpha value is -2.21. The first-order chi connectivity index (χ1) is 16.4. The van der Waals surface area contributed by atoms with Gasteiger partial charge in [-0.05, 0) is 50.8 Å². The van der Waals surface area contributed by atoms with Crippen LogP contribution in [0.25, 0.3) is 0 Å². The number of urea groups is 1. The fourth-order valence-corrected chi connectivity index (χ4v) is 4.28. The van der Waals surface area contributed by atoms with Crippen molar-refractivity contribution in [3.05, 3.63) is 40.1 Å². The van der Waals surface area contributed by atoms with Gasteiger partial charge in [-0.3, -0.25) is 0 Å². The lowest BCUT2D eigenvalue weighted by atomic mass is 9.93. The average molecular weight is 493 g/mol. The maximum Gasteiger partial charge on any atom is 0.338 e. The molecule has 1 atom stereocenters. The summed E-state index contributed by atoms with van der Waals surface area (Å²) in [6, 6.07) is 4.37. The van der Waals surface area contributed by atoms with E-state index in [0.717, 1.165) is 25.7 Å². The summed E-state index contributed by atoms with van der Waals surface area (Å²) in [5.41, 5.74) is 1.64. The smallest absolute Gasteiger partial charge is 0.338 e. The number of nitrogens with one attached hydrogen (secondary N) is 2. The van der Waals surface area contributed by atoms with Gasteiger partial charge in [-0.25, -0.2) is 9.59 Å². The Kier molecular flexibility index (Phi) is 12.3. The first-order valence-electron chi connectivity index (χ1n) is 12.8. The number of esters is 1. The van der Waals surface area contributed by atoms with Crippen molar-refractivity contribution in [2.24, 2.45) is 0 Å². The molecule has 7 heteroatoms. The summed E-state index contributed by atoms with van der Waals surface area (Å²) in [5.74, 6) is 0.232. The number of benzene rings is 1. The molecule has 0 radical (unpaired) electrons. The summed E-state index contributed by atoms with van der Waals surface area (Å²) in [4.78, 5) is 25.4. The van der Waals surface area contributed by atoms with Crippen molar-refractivity contribution in [2.45, 2.75) is 104 Å². The molecule has 0 fully saturated rings. The molecule has 0 aliphatic carbocycles. The van der Waals surface area contributed by atoms with E-state index in [1.54, 1.807) is 19.9 Å². The second-order valence-electron chi connectivity index (χ2n) is 9.13. The van der Waals surface area contributed by atoms with Gasteiger partial charge in [-0.2, -0.15) is 0 Å². The van der Waals surface area contributed by atoms with Crippen molar-refractivity contribution in [2.75, 3.05) is 6.61 Å². The molecule has 0 aromatic heterocycles. The Morgan fingerprint density at radius 2 is 1.71 bits per heavy atom. The van der Waals surface area contributed by atoms with Crippen molar-refractivity contribution >= 4 is 23.6 Å². The van der Waals surface area contributed by atoms with Crippen molar-refractivity contribution in [1.29, 1.82) is 0 Å². The van der Waals surface area contributed by atoms with E-state index in [1.807, 2.05) is 12.1 Å². The van der Waals surface area contributed by atoms with Crippen LogP contribution in [0.1, 0.15) is 104 Å². The summed E-state index contributed by atoms with van der Waals surface area (Å²) in [5, 5.41) is 6.09. The number of hydrogen-bond acceptors (Lipinski definition) is 4. The van der Waals surface area contributed by atoms with Gasteiger partial charge in [0.2, 0.25) is 0 Å². The highest BCUT2D eigenvalue weighted by Gasteiger charge is 2.35. The number of carbonyl (C=O) groups excluding carboxylic acids is 2. The van der Waals surface area contributed by atoms with Crippen LogP contribution in [-0.2, 0) is 9.53 Å². The van der Waals surface area contributed by atoms with Crippen molar-refractivity contribution in [3.63, 3.8) is 0 Å². The van der Waals surface area contributed by atoms with Gasteiger partial charge in [0.15, 0.2) is 0 Å². The lowest BCUT2D eigenvalue weighted by Gasteiger charge is -2.30. The Morgan fingerprint density at radius 3 is 2.35 bits per heavy atom. The molecule has 0 spiro atoms. The summed E-state index contributed by atoms with van der Waals surface area (Å²) in [6.07, 6.45) is 10.7. The van der Waals surface area contributed by atoms with Crippen LogP contribution in [0.4, 0.5) is 4.79 Å². The Morgan fingerprint density at radius 1 is 1.03 bits per heavy atom. The zero-order chi connectivity index (χ0) is 24.9. The van der Waals surface area contributed by atoms with Gasteiger partial charge in [0.1, 0.15) is 5.75 Å². The first kappa shape index (κ1) is 28.0. The fourth-order valence-electron chi connectivity index (χ4n) is 4.00. The standard InChI is InChI=1S/C27H41ClN2O4/c1-5-7-9-10-11-12-13-17-33-20-15-16-21(22(28)18-20)25-24(26(31)34-19(3)4)23(14-8-6-2)29-27(32)30-25/h15-16,18-19,25H,5-14,17H2,1-4H3,(H2,29,30,32). The zero-order valence-corrected chi connectivity index (χ0v) is 21.9.